The molecule has 0 aliphatic carbocycles. The first-order chi connectivity index (χ1) is 13.3. The Hall–Kier alpha value is -3.14. The number of rotatable bonds is 5. The van der Waals surface area contributed by atoms with Crippen LogP contribution in [0.25, 0.3) is 11.3 Å². The van der Waals surface area contributed by atoms with Crippen molar-refractivity contribution in [1.29, 1.82) is 0 Å². The topological polar surface area (TPSA) is 94.3 Å². The molecule has 3 aromatic rings. The van der Waals surface area contributed by atoms with Gasteiger partial charge in [-0.05, 0) is 39.0 Å². The molecule has 0 fully saturated rings. The van der Waals surface area contributed by atoms with Crippen LogP contribution in [0.5, 0.6) is 0 Å². The van der Waals surface area contributed by atoms with Gasteiger partial charge in [0.05, 0.1) is 11.4 Å². The molecule has 0 saturated carbocycles. The molecule has 10 heteroatoms. The van der Waals surface area contributed by atoms with E-state index in [0.717, 1.165) is 23.5 Å². The SMILES string of the molecule is Cc1noc(C)c1C(=O)O[C@H](C)C(=O)Nc1nc(-c2ccc(F)c(F)c2)cs1. The summed E-state index contributed by atoms with van der Waals surface area (Å²) in [6.07, 6.45) is -1.10. The van der Waals surface area contributed by atoms with Gasteiger partial charge in [-0.3, -0.25) is 10.1 Å². The fourth-order valence-electron chi connectivity index (χ4n) is 2.37. The number of carbonyl (C=O) groups is 2. The first-order valence-corrected chi connectivity index (χ1v) is 9.00. The van der Waals surface area contributed by atoms with Crippen LogP contribution in [0, 0.1) is 25.5 Å². The fraction of sp³-hybridized carbons (Fsp3) is 0.222. The Labute approximate surface area is 162 Å². The summed E-state index contributed by atoms with van der Waals surface area (Å²) in [4.78, 5) is 28.6. The monoisotopic (exact) mass is 407 g/mol. The van der Waals surface area contributed by atoms with Crippen molar-refractivity contribution < 1.29 is 27.6 Å². The van der Waals surface area contributed by atoms with Gasteiger partial charge < -0.3 is 9.26 Å². The van der Waals surface area contributed by atoms with E-state index in [1.54, 1.807) is 19.2 Å². The van der Waals surface area contributed by atoms with Gasteiger partial charge in [-0.25, -0.2) is 18.6 Å². The van der Waals surface area contributed by atoms with Crippen LogP contribution < -0.4 is 5.32 Å². The zero-order valence-electron chi connectivity index (χ0n) is 15.1. The van der Waals surface area contributed by atoms with Crippen molar-refractivity contribution in [3.8, 4) is 11.3 Å². The van der Waals surface area contributed by atoms with E-state index in [1.165, 1.54) is 13.0 Å². The van der Waals surface area contributed by atoms with Gasteiger partial charge in [-0.2, -0.15) is 0 Å². The Balaban J connectivity index is 1.65. The number of nitrogens with zero attached hydrogens (tertiary/aromatic N) is 2. The number of aromatic nitrogens is 2. The molecule has 0 radical (unpaired) electrons. The third kappa shape index (κ3) is 4.06. The fourth-order valence-corrected chi connectivity index (χ4v) is 3.10. The van der Waals surface area contributed by atoms with Crippen LogP contribution in [0.15, 0.2) is 28.1 Å². The largest absolute Gasteiger partial charge is 0.449 e. The van der Waals surface area contributed by atoms with E-state index >= 15 is 0 Å². The van der Waals surface area contributed by atoms with Gasteiger partial charge in [-0.1, -0.05) is 5.16 Å². The maximum atomic E-state index is 13.4. The van der Waals surface area contributed by atoms with Crippen LogP contribution >= 0.6 is 11.3 Å². The first kappa shape index (κ1) is 19.6. The Morgan fingerprint density at radius 2 is 2.00 bits per heavy atom. The van der Waals surface area contributed by atoms with E-state index in [1.807, 2.05) is 0 Å². The van der Waals surface area contributed by atoms with Crippen molar-refractivity contribution in [1.82, 2.24) is 10.1 Å². The minimum atomic E-state index is -1.10. The minimum absolute atomic E-state index is 0.175. The van der Waals surface area contributed by atoms with Gasteiger partial charge in [0.2, 0.25) is 0 Å². The molecule has 2 heterocycles. The van der Waals surface area contributed by atoms with Crippen molar-refractivity contribution in [2.75, 3.05) is 5.32 Å². The second kappa shape index (κ2) is 7.85. The molecule has 0 aliphatic rings. The van der Waals surface area contributed by atoms with Crippen molar-refractivity contribution in [2.45, 2.75) is 26.9 Å². The average molecular weight is 407 g/mol. The number of nitrogens with one attached hydrogen (secondary N) is 1. The number of hydrogen-bond acceptors (Lipinski definition) is 7. The van der Waals surface area contributed by atoms with E-state index in [9.17, 15) is 18.4 Å². The number of halogens is 2. The molecule has 1 N–H and O–H groups in total. The number of ether oxygens (including phenoxy) is 1. The molecule has 0 saturated heterocycles. The number of aryl methyl sites for hydroxylation is 2. The van der Waals surface area contributed by atoms with Gasteiger partial charge in [0.25, 0.3) is 5.91 Å². The standard InChI is InChI=1S/C18H15F2N3O4S/c1-8-15(9(2)27-23-8)17(25)26-10(3)16(24)22-18-21-14(7-28-18)11-4-5-12(19)13(20)6-11/h4-7,10H,1-3H3,(H,21,22,24)/t10-/m1/s1. The number of carbonyl (C=O) groups excluding carboxylic acids is 2. The lowest BCUT2D eigenvalue weighted by Crippen LogP contribution is -2.30. The van der Waals surface area contributed by atoms with Crippen LogP contribution in [-0.2, 0) is 9.53 Å². The zero-order valence-corrected chi connectivity index (χ0v) is 15.9. The molecular formula is C18H15F2N3O4S. The van der Waals surface area contributed by atoms with Gasteiger partial charge >= 0.3 is 5.97 Å². The number of thiazole rings is 1. The van der Waals surface area contributed by atoms with Crippen molar-refractivity contribution in [2.24, 2.45) is 0 Å². The Morgan fingerprint density at radius 1 is 1.25 bits per heavy atom. The van der Waals surface area contributed by atoms with Crippen LogP contribution in [-0.4, -0.2) is 28.1 Å². The smallest absolute Gasteiger partial charge is 0.344 e. The molecule has 7 nitrogen and oxygen atoms in total. The summed E-state index contributed by atoms with van der Waals surface area (Å²) in [5.41, 5.74) is 1.29. The molecule has 1 amide bonds. The predicted octanol–water partition coefficient (Wildman–Crippen LogP) is 3.88. The van der Waals surface area contributed by atoms with Crippen LogP contribution in [0.1, 0.15) is 28.7 Å². The van der Waals surface area contributed by atoms with Gasteiger partial charge in [0.15, 0.2) is 22.9 Å². The maximum absolute atomic E-state index is 13.4. The van der Waals surface area contributed by atoms with Gasteiger partial charge in [0.1, 0.15) is 11.3 Å². The second-order valence-corrected chi connectivity index (χ2v) is 6.76. The molecule has 0 spiro atoms. The van der Waals surface area contributed by atoms with Crippen LogP contribution in [0.3, 0.4) is 0 Å². The van der Waals surface area contributed by atoms with Gasteiger partial charge in [0, 0.05) is 10.9 Å². The highest BCUT2D eigenvalue weighted by Crippen LogP contribution is 2.26. The lowest BCUT2D eigenvalue weighted by molar-refractivity contribution is -0.123. The van der Waals surface area contributed by atoms with E-state index in [2.05, 4.69) is 15.5 Å². The molecule has 1 aromatic carbocycles. The summed E-state index contributed by atoms with van der Waals surface area (Å²) in [6.45, 7) is 4.57. The molecule has 1 atom stereocenters. The highest BCUT2D eigenvalue weighted by molar-refractivity contribution is 7.14. The predicted molar refractivity (Wildman–Crippen MR) is 97.0 cm³/mol. The summed E-state index contributed by atoms with van der Waals surface area (Å²) in [6, 6.07) is 3.40. The lowest BCUT2D eigenvalue weighted by atomic mass is 10.2. The number of benzene rings is 1. The summed E-state index contributed by atoms with van der Waals surface area (Å²) < 4.78 is 36.4. The van der Waals surface area contributed by atoms with E-state index in [0.29, 0.717) is 22.7 Å². The van der Waals surface area contributed by atoms with Crippen LogP contribution in [0.2, 0.25) is 0 Å². The van der Waals surface area contributed by atoms with Crippen molar-refractivity contribution >= 4 is 28.3 Å². The molecule has 0 unspecified atom stereocenters. The molecule has 3 rings (SSSR count). The summed E-state index contributed by atoms with van der Waals surface area (Å²) >= 11 is 1.10. The highest BCUT2D eigenvalue weighted by Gasteiger charge is 2.24. The molecular weight excluding hydrogens is 392 g/mol. The lowest BCUT2D eigenvalue weighted by Gasteiger charge is -2.12. The summed E-state index contributed by atoms with van der Waals surface area (Å²) in [5.74, 6) is -2.96. The summed E-state index contributed by atoms with van der Waals surface area (Å²) in [7, 11) is 0. The van der Waals surface area contributed by atoms with Crippen molar-refractivity contribution in [3.05, 3.63) is 52.2 Å². The number of hydrogen-bond donors (Lipinski definition) is 1. The van der Waals surface area contributed by atoms with E-state index < -0.39 is 29.6 Å². The minimum Gasteiger partial charge on any atom is -0.449 e. The summed E-state index contributed by atoms with van der Waals surface area (Å²) in [5, 5.41) is 8.00. The molecule has 146 valence electrons. The quantitative estimate of drug-likeness (QED) is 0.645. The number of esters is 1. The first-order valence-electron chi connectivity index (χ1n) is 8.12. The average Bonchev–Trinajstić information content (AvgIpc) is 3.23. The molecule has 2 aromatic heterocycles. The van der Waals surface area contributed by atoms with E-state index in [-0.39, 0.29) is 10.7 Å². The highest BCUT2D eigenvalue weighted by atomic mass is 32.1. The Morgan fingerprint density at radius 3 is 2.64 bits per heavy atom. The normalized spacial score (nSPS) is 11.9. The maximum Gasteiger partial charge on any atom is 0.344 e. The molecule has 0 bridgehead atoms. The third-order valence-electron chi connectivity index (χ3n) is 3.84. The van der Waals surface area contributed by atoms with E-state index in [4.69, 9.17) is 9.26 Å². The molecule has 0 aliphatic heterocycles. The zero-order chi connectivity index (χ0) is 20.4. The van der Waals surface area contributed by atoms with Crippen molar-refractivity contribution in [3.63, 3.8) is 0 Å². The third-order valence-corrected chi connectivity index (χ3v) is 4.60. The number of anilines is 1. The molecule has 28 heavy (non-hydrogen) atoms. The Bertz CT molecular complexity index is 1030. The van der Waals surface area contributed by atoms with Gasteiger partial charge in [-0.15, -0.1) is 11.3 Å². The van der Waals surface area contributed by atoms with Crippen LogP contribution in [0.4, 0.5) is 13.9 Å². The number of amides is 1. The second-order valence-electron chi connectivity index (χ2n) is 5.90. The Kier molecular flexibility index (Phi) is 5.50.